The van der Waals surface area contributed by atoms with E-state index in [0.717, 1.165) is 19.4 Å². The first-order valence-electron chi connectivity index (χ1n) is 7.87. The Morgan fingerprint density at radius 3 is 2.40 bits per heavy atom. The van der Waals surface area contributed by atoms with Crippen molar-refractivity contribution in [3.8, 4) is 0 Å². The second kappa shape index (κ2) is 6.28. The molecule has 2 nitrogen and oxygen atoms in total. The van der Waals surface area contributed by atoms with E-state index in [4.69, 9.17) is 4.74 Å². The third-order valence-corrected chi connectivity index (χ3v) is 4.95. The van der Waals surface area contributed by atoms with Gasteiger partial charge in [0.05, 0.1) is 12.7 Å². The van der Waals surface area contributed by atoms with Crippen molar-refractivity contribution in [1.29, 1.82) is 0 Å². The Balaban J connectivity index is 2.15. The van der Waals surface area contributed by atoms with Crippen molar-refractivity contribution in [3.63, 3.8) is 0 Å². The van der Waals surface area contributed by atoms with Gasteiger partial charge in [-0.15, -0.1) is 0 Å². The molecule has 3 unspecified atom stereocenters. The molecular formula is C18H29NO. The fourth-order valence-corrected chi connectivity index (χ4v) is 3.10. The van der Waals surface area contributed by atoms with E-state index in [0.29, 0.717) is 18.1 Å². The van der Waals surface area contributed by atoms with Gasteiger partial charge in [-0.05, 0) is 43.4 Å². The Hall–Kier alpha value is -0.860. The van der Waals surface area contributed by atoms with E-state index in [2.05, 4.69) is 64.3 Å². The van der Waals surface area contributed by atoms with Crippen LogP contribution in [0.2, 0.25) is 0 Å². The van der Waals surface area contributed by atoms with Crippen molar-refractivity contribution in [2.45, 2.75) is 58.1 Å². The van der Waals surface area contributed by atoms with Gasteiger partial charge in [0.25, 0.3) is 0 Å². The molecule has 1 heterocycles. The lowest BCUT2D eigenvalue weighted by molar-refractivity contribution is 0.117. The summed E-state index contributed by atoms with van der Waals surface area (Å²) in [5.74, 6) is 0.583. The molecule has 0 spiro atoms. The number of hydrogen-bond acceptors (Lipinski definition) is 2. The lowest BCUT2D eigenvalue weighted by Gasteiger charge is -2.26. The van der Waals surface area contributed by atoms with Gasteiger partial charge in [-0.3, -0.25) is 0 Å². The maximum Gasteiger partial charge on any atom is 0.0551 e. The molecule has 2 heteroatoms. The molecule has 0 amide bonds. The molecule has 1 aliphatic heterocycles. The van der Waals surface area contributed by atoms with Gasteiger partial charge in [0.15, 0.2) is 0 Å². The summed E-state index contributed by atoms with van der Waals surface area (Å²) in [7, 11) is 2.05. The zero-order valence-corrected chi connectivity index (χ0v) is 13.6. The summed E-state index contributed by atoms with van der Waals surface area (Å²) < 4.78 is 5.73. The van der Waals surface area contributed by atoms with Crippen LogP contribution in [0, 0.1) is 5.92 Å². The lowest BCUT2D eigenvalue weighted by Crippen LogP contribution is -2.26. The third kappa shape index (κ3) is 3.24. The zero-order valence-electron chi connectivity index (χ0n) is 13.6. The maximum atomic E-state index is 5.73. The molecule has 1 aromatic carbocycles. The van der Waals surface area contributed by atoms with E-state index in [9.17, 15) is 0 Å². The van der Waals surface area contributed by atoms with Crippen molar-refractivity contribution < 1.29 is 4.74 Å². The van der Waals surface area contributed by atoms with Crippen LogP contribution in [-0.2, 0) is 10.2 Å². The Bertz CT molecular complexity index is 424. The Morgan fingerprint density at radius 1 is 1.30 bits per heavy atom. The van der Waals surface area contributed by atoms with Crippen LogP contribution < -0.4 is 5.32 Å². The molecule has 1 aromatic rings. The van der Waals surface area contributed by atoms with Crippen LogP contribution in [0.25, 0.3) is 0 Å². The topological polar surface area (TPSA) is 21.3 Å². The molecule has 0 aliphatic carbocycles. The molecule has 2 rings (SSSR count). The molecule has 1 saturated heterocycles. The van der Waals surface area contributed by atoms with Crippen molar-refractivity contribution >= 4 is 0 Å². The number of ether oxygens (including phenoxy) is 1. The summed E-state index contributed by atoms with van der Waals surface area (Å²) in [6, 6.07) is 9.57. The van der Waals surface area contributed by atoms with E-state index in [1.807, 2.05) is 0 Å². The van der Waals surface area contributed by atoms with E-state index >= 15 is 0 Å². The van der Waals surface area contributed by atoms with Crippen LogP contribution in [0.3, 0.4) is 0 Å². The summed E-state index contributed by atoms with van der Waals surface area (Å²) in [5, 5.41) is 3.47. The summed E-state index contributed by atoms with van der Waals surface area (Å²) in [6.07, 6.45) is 2.71. The maximum absolute atomic E-state index is 5.73. The normalized spacial score (nSPS) is 24.9. The van der Waals surface area contributed by atoms with Crippen molar-refractivity contribution in [2.24, 2.45) is 5.92 Å². The summed E-state index contributed by atoms with van der Waals surface area (Å²) in [6.45, 7) is 9.91. The van der Waals surface area contributed by atoms with E-state index in [-0.39, 0.29) is 5.41 Å². The number of hydrogen-bond donors (Lipinski definition) is 1. The molecule has 0 radical (unpaired) electrons. The molecule has 1 N–H and O–H groups in total. The highest BCUT2D eigenvalue weighted by Gasteiger charge is 2.30. The highest BCUT2D eigenvalue weighted by molar-refractivity contribution is 5.30. The van der Waals surface area contributed by atoms with E-state index in [1.165, 1.54) is 11.1 Å². The quantitative estimate of drug-likeness (QED) is 0.875. The van der Waals surface area contributed by atoms with Crippen molar-refractivity contribution in [3.05, 3.63) is 35.4 Å². The largest absolute Gasteiger partial charge is 0.378 e. The lowest BCUT2D eigenvalue weighted by atomic mass is 9.81. The van der Waals surface area contributed by atoms with Gasteiger partial charge in [-0.2, -0.15) is 0 Å². The molecule has 112 valence electrons. The molecule has 1 fully saturated rings. The molecule has 0 aromatic heterocycles. The first kappa shape index (κ1) is 15.5. The molecule has 0 bridgehead atoms. The fourth-order valence-electron chi connectivity index (χ4n) is 3.10. The minimum atomic E-state index is 0.263. The van der Waals surface area contributed by atoms with Gasteiger partial charge in [-0.1, -0.05) is 45.0 Å². The highest BCUT2D eigenvalue weighted by Crippen LogP contribution is 2.33. The standard InChI is InChI=1S/C18H29NO/c1-6-18(3,4)16-9-7-14(8-10-16)17(19-5)15-11-13(2)20-12-15/h7-10,13,15,17,19H,6,11-12H2,1-5H3. The Morgan fingerprint density at radius 2 is 1.95 bits per heavy atom. The SMILES string of the molecule is CCC(C)(C)c1ccc(C(NC)C2COC(C)C2)cc1. The number of rotatable bonds is 5. The fraction of sp³-hybridized carbons (Fsp3) is 0.667. The highest BCUT2D eigenvalue weighted by atomic mass is 16.5. The monoisotopic (exact) mass is 275 g/mol. The Kier molecular flexibility index (Phi) is 4.87. The van der Waals surface area contributed by atoms with Crippen LogP contribution in [0.1, 0.15) is 57.7 Å². The van der Waals surface area contributed by atoms with Gasteiger partial charge >= 0.3 is 0 Å². The third-order valence-electron chi connectivity index (χ3n) is 4.95. The van der Waals surface area contributed by atoms with Crippen LogP contribution in [0.15, 0.2) is 24.3 Å². The van der Waals surface area contributed by atoms with Gasteiger partial charge < -0.3 is 10.1 Å². The minimum absolute atomic E-state index is 0.263. The van der Waals surface area contributed by atoms with Gasteiger partial charge in [-0.25, -0.2) is 0 Å². The summed E-state index contributed by atoms with van der Waals surface area (Å²) in [4.78, 5) is 0. The first-order chi connectivity index (χ1) is 9.47. The van der Waals surface area contributed by atoms with Crippen LogP contribution >= 0.6 is 0 Å². The molecule has 20 heavy (non-hydrogen) atoms. The van der Waals surface area contributed by atoms with Gasteiger partial charge in [0.2, 0.25) is 0 Å². The molecule has 1 aliphatic rings. The number of benzene rings is 1. The molecule has 0 saturated carbocycles. The average molecular weight is 275 g/mol. The number of nitrogens with one attached hydrogen (secondary N) is 1. The predicted octanol–water partition coefficient (Wildman–Crippen LogP) is 4.06. The van der Waals surface area contributed by atoms with E-state index < -0.39 is 0 Å². The van der Waals surface area contributed by atoms with Crippen LogP contribution in [0.4, 0.5) is 0 Å². The summed E-state index contributed by atoms with van der Waals surface area (Å²) >= 11 is 0. The van der Waals surface area contributed by atoms with Crippen molar-refractivity contribution in [2.75, 3.05) is 13.7 Å². The van der Waals surface area contributed by atoms with Gasteiger partial charge in [0, 0.05) is 12.0 Å². The molecule has 3 atom stereocenters. The van der Waals surface area contributed by atoms with Gasteiger partial charge in [0.1, 0.15) is 0 Å². The first-order valence-corrected chi connectivity index (χ1v) is 7.87. The zero-order chi connectivity index (χ0) is 14.8. The second-order valence-corrected chi connectivity index (χ2v) is 6.77. The smallest absolute Gasteiger partial charge is 0.0551 e. The van der Waals surface area contributed by atoms with Crippen molar-refractivity contribution in [1.82, 2.24) is 5.32 Å². The predicted molar refractivity (Wildman–Crippen MR) is 85.1 cm³/mol. The van der Waals surface area contributed by atoms with Crippen LogP contribution in [-0.4, -0.2) is 19.8 Å². The minimum Gasteiger partial charge on any atom is -0.378 e. The second-order valence-electron chi connectivity index (χ2n) is 6.77. The Labute approximate surface area is 123 Å². The summed E-state index contributed by atoms with van der Waals surface area (Å²) in [5.41, 5.74) is 3.07. The average Bonchev–Trinajstić information content (AvgIpc) is 2.87. The van der Waals surface area contributed by atoms with E-state index in [1.54, 1.807) is 0 Å². The van der Waals surface area contributed by atoms with Crippen LogP contribution in [0.5, 0.6) is 0 Å². The molecular weight excluding hydrogens is 246 g/mol.